The van der Waals surface area contributed by atoms with Gasteiger partial charge in [0.1, 0.15) is 0 Å². The van der Waals surface area contributed by atoms with Gasteiger partial charge in [-0.05, 0) is 23.6 Å². The molecule has 0 saturated carbocycles. The van der Waals surface area contributed by atoms with Crippen molar-refractivity contribution in [2.75, 3.05) is 31.2 Å². The predicted molar refractivity (Wildman–Crippen MR) is 71.1 cm³/mol. The fraction of sp³-hybridized carbons (Fsp3) is 0.357. The molecule has 0 spiro atoms. The molecule has 1 aromatic carbocycles. The van der Waals surface area contributed by atoms with Gasteiger partial charge in [0.05, 0.1) is 13.2 Å². The first-order chi connectivity index (χ1) is 8.75. The number of fused-ring (bicyclic) bond motifs is 1. The van der Waals surface area contributed by atoms with Crippen molar-refractivity contribution in [3.63, 3.8) is 0 Å². The summed E-state index contributed by atoms with van der Waals surface area (Å²) in [5, 5.41) is 1.69. The van der Waals surface area contributed by atoms with Crippen LogP contribution in [0.15, 0.2) is 29.2 Å². The molecule has 1 aliphatic heterocycles. The van der Waals surface area contributed by atoms with E-state index in [4.69, 9.17) is 4.74 Å². The Labute approximate surface area is 105 Å². The molecule has 3 rings (SSSR count). The fourth-order valence-electron chi connectivity index (χ4n) is 2.25. The number of rotatable bonds is 1. The number of aryl methyl sites for hydroxylation is 1. The third kappa shape index (κ3) is 1.88. The third-order valence-corrected chi connectivity index (χ3v) is 3.35. The second-order valence-electron chi connectivity index (χ2n) is 4.52. The molecule has 1 saturated heterocycles. The highest BCUT2D eigenvalue weighted by atomic mass is 16.5. The zero-order valence-electron chi connectivity index (χ0n) is 10.3. The van der Waals surface area contributed by atoms with Crippen molar-refractivity contribution in [1.29, 1.82) is 0 Å². The Kier molecular flexibility index (Phi) is 2.80. The van der Waals surface area contributed by atoms with E-state index < -0.39 is 0 Å². The molecule has 4 heteroatoms. The van der Waals surface area contributed by atoms with E-state index in [9.17, 15) is 4.79 Å². The molecule has 18 heavy (non-hydrogen) atoms. The van der Waals surface area contributed by atoms with Gasteiger partial charge in [0, 0.05) is 43.5 Å². The minimum atomic E-state index is 0.0380. The molecule has 0 unspecified atom stereocenters. The lowest BCUT2D eigenvalue weighted by Gasteiger charge is -2.28. The molecule has 0 aliphatic carbocycles. The number of morpholine rings is 1. The summed E-state index contributed by atoms with van der Waals surface area (Å²) in [4.78, 5) is 14.3. The van der Waals surface area contributed by atoms with Gasteiger partial charge in [-0.25, -0.2) is 0 Å². The first-order valence-electron chi connectivity index (χ1n) is 6.09. The lowest BCUT2D eigenvalue weighted by atomic mass is 10.1. The van der Waals surface area contributed by atoms with Gasteiger partial charge in [-0.15, -0.1) is 0 Å². The summed E-state index contributed by atoms with van der Waals surface area (Å²) in [5.41, 5.74) is 1.02. The lowest BCUT2D eigenvalue weighted by molar-refractivity contribution is 0.122. The molecular weight excluding hydrogens is 228 g/mol. The highest BCUT2D eigenvalue weighted by molar-refractivity contribution is 5.84. The van der Waals surface area contributed by atoms with Gasteiger partial charge in [-0.2, -0.15) is 0 Å². The average Bonchev–Trinajstić information content (AvgIpc) is 2.44. The van der Waals surface area contributed by atoms with Gasteiger partial charge in [0.15, 0.2) is 0 Å². The molecule has 1 aliphatic rings. The van der Waals surface area contributed by atoms with Crippen molar-refractivity contribution < 1.29 is 4.74 Å². The van der Waals surface area contributed by atoms with E-state index in [1.54, 1.807) is 17.8 Å². The van der Waals surface area contributed by atoms with Crippen molar-refractivity contribution in [2.45, 2.75) is 0 Å². The van der Waals surface area contributed by atoms with Crippen LogP contribution in [0.25, 0.3) is 10.8 Å². The van der Waals surface area contributed by atoms with Crippen LogP contribution in [0.1, 0.15) is 0 Å². The van der Waals surface area contributed by atoms with Gasteiger partial charge in [-0.3, -0.25) is 4.79 Å². The third-order valence-electron chi connectivity index (χ3n) is 3.35. The van der Waals surface area contributed by atoms with Crippen LogP contribution in [-0.4, -0.2) is 30.9 Å². The van der Waals surface area contributed by atoms with Crippen molar-refractivity contribution in [3.8, 4) is 0 Å². The maximum atomic E-state index is 12.1. The van der Waals surface area contributed by atoms with E-state index in [0.29, 0.717) is 0 Å². The molecule has 2 aromatic rings. The van der Waals surface area contributed by atoms with Crippen LogP contribution in [0.2, 0.25) is 0 Å². The number of aromatic nitrogens is 1. The lowest BCUT2D eigenvalue weighted by Crippen LogP contribution is -2.36. The Balaban J connectivity index is 2.09. The Hall–Kier alpha value is -1.81. The van der Waals surface area contributed by atoms with Crippen molar-refractivity contribution in [3.05, 3.63) is 40.8 Å². The summed E-state index contributed by atoms with van der Waals surface area (Å²) in [6.45, 7) is 3.18. The van der Waals surface area contributed by atoms with E-state index in [-0.39, 0.29) is 5.56 Å². The Morgan fingerprint density at radius 2 is 2.11 bits per heavy atom. The van der Waals surface area contributed by atoms with Gasteiger partial charge in [0.2, 0.25) is 0 Å². The minimum Gasteiger partial charge on any atom is -0.378 e. The van der Waals surface area contributed by atoms with Gasteiger partial charge in [0.25, 0.3) is 5.56 Å². The number of nitrogens with zero attached hydrogens (tertiary/aromatic N) is 2. The number of anilines is 1. The van der Waals surface area contributed by atoms with E-state index in [0.717, 1.165) is 42.8 Å². The standard InChI is InChI=1S/C14H15N2O2/c1-15-5-4-11-2-3-12(10-13(11)14(15)17)16-6-8-18-9-7-16/h2,4-5,10H,6-9H2,1H3. The van der Waals surface area contributed by atoms with E-state index in [1.165, 1.54) is 0 Å². The summed E-state index contributed by atoms with van der Waals surface area (Å²) >= 11 is 0. The Bertz CT molecular complexity index is 627. The van der Waals surface area contributed by atoms with Crippen LogP contribution in [0, 0.1) is 6.07 Å². The van der Waals surface area contributed by atoms with Gasteiger partial charge >= 0.3 is 0 Å². The van der Waals surface area contributed by atoms with Crippen molar-refractivity contribution in [2.24, 2.45) is 7.05 Å². The van der Waals surface area contributed by atoms with Crippen molar-refractivity contribution >= 4 is 16.5 Å². The zero-order valence-corrected chi connectivity index (χ0v) is 10.3. The zero-order chi connectivity index (χ0) is 12.5. The highest BCUT2D eigenvalue weighted by Crippen LogP contribution is 2.20. The summed E-state index contributed by atoms with van der Waals surface area (Å²) in [6.07, 6.45) is 1.78. The molecule has 1 fully saturated rings. The van der Waals surface area contributed by atoms with Crippen LogP contribution < -0.4 is 10.5 Å². The molecule has 4 nitrogen and oxygen atoms in total. The molecule has 0 atom stereocenters. The number of pyridine rings is 1. The number of hydrogen-bond acceptors (Lipinski definition) is 3. The summed E-state index contributed by atoms with van der Waals surface area (Å²) in [7, 11) is 1.77. The van der Waals surface area contributed by atoms with E-state index >= 15 is 0 Å². The minimum absolute atomic E-state index is 0.0380. The largest absolute Gasteiger partial charge is 0.378 e. The molecule has 0 N–H and O–H groups in total. The second kappa shape index (κ2) is 4.46. The first-order valence-corrected chi connectivity index (χ1v) is 6.09. The second-order valence-corrected chi connectivity index (χ2v) is 4.52. The Morgan fingerprint density at radius 3 is 2.89 bits per heavy atom. The van der Waals surface area contributed by atoms with Gasteiger partial charge in [-0.1, -0.05) is 0 Å². The van der Waals surface area contributed by atoms with Crippen LogP contribution in [-0.2, 0) is 11.8 Å². The van der Waals surface area contributed by atoms with E-state index in [2.05, 4.69) is 11.0 Å². The van der Waals surface area contributed by atoms with Crippen LogP contribution in [0.5, 0.6) is 0 Å². The quantitative estimate of drug-likeness (QED) is 0.754. The predicted octanol–water partition coefficient (Wildman–Crippen LogP) is 1.18. The normalized spacial score (nSPS) is 16.2. The van der Waals surface area contributed by atoms with Crippen LogP contribution >= 0.6 is 0 Å². The SMILES string of the molecule is Cn1ccc2c[c]c(N3CCOCC3)cc2c1=O. The Morgan fingerprint density at radius 1 is 1.33 bits per heavy atom. The number of hydrogen-bond donors (Lipinski definition) is 0. The summed E-state index contributed by atoms with van der Waals surface area (Å²) in [5.74, 6) is 0. The molecule has 2 heterocycles. The maximum absolute atomic E-state index is 12.1. The smallest absolute Gasteiger partial charge is 0.258 e. The summed E-state index contributed by atoms with van der Waals surface area (Å²) in [6, 6.07) is 9.01. The summed E-state index contributed by atoms with van der Waals surface area (Å²) < 4.78 is 6.93. The molecule has 0 amide bonds. The number of benzene rings is 1. The molecule has 1 aromatic heterocycles. The number of ether oxygens (including phenoxy) is 1. The first kappa shape index (κ1) is 11.3. The molecular formula is C14H15N2O2. The fourth-order valence-corrected chi connectivity index (χ4v) is 2.25. The topological polar surface area (TPSA) is 34.5 Å². The monoisotopic (exact) mass is 243 g/mol. The van der Waals surface area contributed by atoms with Crippen LogP contribution in [0.3, 0.4) is 0 Å². The maximum Gasteiger partial charge on any atom is 0.258 e. The highest BCUT2D eigenvalue weighted by Gasteiger charge is 2.12. The van der Waals surface area contributed by atoms with E-state index in [1.807, 2.05) is 18.2 Å². The molecule has 0 bridgehead atoms. The van der Waals surface area contributed by atoms with Crippen molar-refractivity contribution in [1.82, 2.24) is 4.57 Å². The average molecular weight is 243 g/mol. The molecule has 1 radical (unpaired) electrons. The van der Waals surface area contributed by atoms with Crippen LogP contribution in [0.4, 0.5) is 5.69 Å². The molecule has 93 valence electrons. The van der Waals surface area contributed by atoms with Gasteiger partial charge < -0.3 is 14.2 Å².